The third-order valence-corrected chi connectivity index (χ3v) is 3.46. The predicted molar refractivity (Wildman–Crippen MR) is 73.9 cm³/mol. The Morgan fingerprint density at radius 3 is 2.65 bits per heavy atom. The van der Waals surface area contributed by atoms with Crippen molar-refractivity contribution in [2.75, 3.05) is 26.2 Å². The van der Waals surface area contributed by atoms with E-state index in [0.717, 1.165) is 19.6 Å². The average molecular weight is 277 g/mol. The number of aryl methyl sites for hydroxylation is 1. The van der Waals surface area contributed by atoms with E-state index in [1.165, 1.54) is 25.0 Å². The Bertz CT molecular complexity index is 510. The van der Waals surface area contributed by atoms with E-state index in [9.17, 15) is 9.59 Å². The van der Waals surface area contributed by atoms with Gasteiger partial charge in [-0.2, -0.15) is 0 Å². The number of carboxylic acids is 1. The molecule has 1 aliphatic heterocycles. The molecule has 1 amide bonds. The Morgan fingerprint density at radius 1 is 1.35 bits per heavy atom. The second-order valence-corrected chi connectivity index (χ2v) is 4.94. The number of carboxylic acid groups (broad SMARTS) is 1. The number of aromatic carboxylic acids is 1. The number of carbonyl (C=O) groups excluding carboxylic acids is 1. The molecule has 0 aliphatic carbocycles. The molecule has 1 saturated heterocycles. The van der Waals surface area contributed by atoms with Gasteiger partial charge in [0.05, 0.1) is 11.3 Å². The zero-order valence-electron chi connectivity index (χ0n) is 11.6. The van der Waals surface area contributed by atoms with Gasteiger partial charge in [-0.1, -0.05) is 0 Å². The second kappa shape index (κ2) is 6.47. The van der Waals surface area contributed by atoms with Crippen molar-refractivity contribution in [2.45, 2.75) is 19.8 Å². The zero-order valence-corrected chi connectivity index (χ0v) is 11.6. The number of aromatic nitrogens is 1. The van der Waals surface area contributed by atoms with Crippen molar-refractivity contribution in [2.24, 2.45) is 0 Å². The Kier molecular flexibility index (Phi) is 4.68. The first-order chi connectivity index (χ1) is 9.58. The van der Waals surface area contributed by atoms with Gasteiger partial charge < -0.3 is 15.3 Å². The van der Waals surface area contributed by atoms with Crippen LogP contribution in [0.4, 0.5) is 0 Å². The minimum Gasteiger partial charge on any atom is -0.478 e. The van der Waals surface area contributed by atoms with Gasteiger partial charge in [-0.15, -0.1) is 0 Å². The molecular weight excluding hydrogens is 258 g/mol. The fourth-order valence-corrected chi connectivity index (χ4v) is 2.34. The van der Waals surface area contributed by atoms with Gasteiger partial charge in [-0.25, -0.2) is 9.78 Å². The van der Waals surface area contributed by atoms with Crippen molar-refractivity contribution in [1.29, 1.82) is 0 Å². The van der Waals surface area contributed by atoms with Crippen LogP contribution in [0.3, 0.4) is 0 Å². The van der Waals surface area contributed by atoms with Gasteiger partial charge in [0.2, 0.25) is 0 Å². The first-order valence-corrected chi connectivity index (χ1v) is 6.79. The summed E-state index contributed by atoms with van der Waals surface area (Å²) in [5.41, 5.74) is 0.734. The molecule has 0 radical (unpaired) electrons. The molecule has 2 heterocycles. The number of rotatable bonds is 5. The topological polar surface area (TPSA) is 82.5 Å². The maximum Gasteiger partial charge on any atom is 0.337 e. The summed E-state index contributed by atoms with van der Waals surface area (Å²) in [5, 5.41) is 11.7. The van der Waals surface area contributed by atoms with E-state index in [-0.39, 0.29) is 17.2 Å². The van der Waals surface area contributed by atoms with Gasteiger partial charge in [0.15, 0.2) is 0 Å². The van der Waals surface area contributed by atoms with Crippen LogP contribution in [0.25, 0.3) is 0 Å². The molecule has 0 saturated carbocycles. The molecule has 0 aromatic carbocycles. The van der Waals surface area contributed by atoms with Crippen molar-refractivity contribution in [1.82, 2.24) is 15.2 Å². The summed E-state index contributed by atoms with van der Waals surface area (Å²) in [5.74, 6) is -1.29. The molecular formula is C14H19N3O3. The highest BCUT2D eigenvalue weighted by Crippen LogP contribution is 2.07. The second-order valence-electron chi connectivity index (χ2n) is 4.94. The van der Waals surface area contributed by atoms with Crippen molar-refractivity contribution in [3.8, 4) is 0 Å². The highest BCUT2D eigenvalue weighted by atomic mass is 16.4. The molecule has 1 aromatic rings. The van der Waals surface area contributed by atoms with E-state index in [0.29, 0.717) is 12.2 Å². The van der Waals surface area contributed by atoms with Crippen LogP contribution in [0.2, 0.25) is 0 Å². The largest absolute Gasteiger partial charge is 0.478 e. The summed E-state index contributed by atoms with van der Waals surface area (Å²) in [4.78, 5) is 29.1. The number of nitrogens with zero attached hydrogens (tertiary/aromatic N) is 2. The van der Waals surface area contributed by atoms with Crippen LogP contribution >= 0.6 is 0 Å². The molecule has 0 spiro atoms. The van der Waals surface area contributed by atoms with E-state index >= 15 is 0 Å². The lowest BCUT2D eigenvalue weighted by molar-refractivity contribution is 0.0694. The Hall–Kier alpha value is -1.95. The van der Waals surface area contributed by atoms with Gasteiger partial charge in [0.1, 0.15) is 5.69 Å². The lowest BCUT2D eigenvalue weighted by atomic mass is 10.2. The first kappa shape index (κ1) is 14.5. The third-order valence-electron chi connectivity index (χ3n) is 3.46. The van der Waals surface area contributed by atoms with Crippen LogP contribution in [0.5, 0.6) is 0 Å². The third kappa shape index (κ3) is 3.54. The first-order valence-electron chi connectivity index (χ1n) is 6.79. The van der Waals surface area contributed by atoms with Crippen LogP contribution in [0, 0.1) is 6.92 Å². The van der Waals surface area contributed by atoms with Gasteiger partial charge in [0, 0.05) is 13.1 Å². The molecule has 0 unspecified atom stereocenters. The molecule has 2 N–H and O–H groups in total. The molecule has 6 heteroatoms. The molecule has 1 fully saturated rings. The van der Waals surface area contributed by atoms with Crippen molar-refractivity contribution < 1.29 is 14.7 Å². The molecule has 0 bridgehead atoms. The standard InChI is InChI=1S/C14H19N3O3/c1-10-11(14(19)20)4-5-12(16-10)13(18)15-6-9-17-7-2-3-8-17/h4-5H,2-3,6-9H2,1H3,(H,15,18)(H,19,20). The number of nitrogens with one attached hydrogen (secondary N) is 1. The monoisotopic (exact) mass is 277 g/mol. The molecule has 6 nitrogen and oxygen atoms in total. The molecule has 20 heavy (non-hydrogen) atoms. The predicted octanol–water partition coefficient (Wildman–Crippen LogP) is 0.914. The lowest BCUT2D eigenvalue weighted by Gasteiger charge is -2.14. The van der Waals surface area contributed by atoms with Gasteiger partial charge in [-0.3, -0.25) is 4.79 Å². The van der Waals surface area contributed by atoms with Crippen LogP contribution in [0.1, 0.15) is 39.4 Å². The molecule has 108 valence electrons. The van der Waals surface area contributed by atoms with Gasteiger partial charge >= 0.3 is 5.97 Å². The number of amides is 1. The minimum absolute atomic E-state index is 0.124. The van der Waals surface area contributed by atoms with Crippen molar-refractivity contribution in [3.63, 3.8) is 0 Å². The quantitative estimate of drug-likeness (QED) is 0.836. The Labute approximate surface area is 117 Å². The summed E-state index contributed by atoms with van der Waals surface area (Å²) < 4.78 is 0. The summed E-state index contributed by atoms with van der Waals surface area (Å²) in [6.45, 7) is 5.21. The van der Waals surface area contributed by atoms with Gasteiger partial charge in [0.25, 0.3) is 5.91 Å². The minimum atomic E-state index is -1.03. The number of likely N-dealkylation sites (tertiary alicyclic amines) is 1. The fourth-order valence-electron chi connectivity index (χ4n) is 2.34. The van der Waals surface area contributed by atoms with E-state index in [4.69, 9.17) is 5.11 Å². The van der Waals surface area contributed by atoms with Gasteiger partial charge in [-0.05, 0) is 45.0 Å². The summed E-state index contributed by atoms with van der Waals surface area (Å²) in [6, 6.07) is 2.86. The van der Waals surface area contributed by atoms with Crippen molar-refractivity contribution >= 4 is 11.9 Å². The van der Waals surface area contributed by atoms with Crippen LogP contribution < -0.4 is 5.32 Å². The number of pyridine rings is 1. The molecule has 1 aliphatic rings. The van der Waals surface area contributed by atoms with E-state index in [2.05, 4.69) is 15.2 Å². The molecule has 2 rings (SSSR count). The maximum atomic E-state index is 11.9. The summed E-state index contributed by atoms with van der Waals surface area (Å²) in [7, 11) is 0. The Morgan fingerprint density at radius 2 is 2.05 bits per heavy atom. The number of hydrogen-bond donors (Lipinski definition) is 2. The summed E-state index contributed by atoms with van der Waals surface area (Å²) >= 11 is 0. The lowest BCUT2D eigenvalue weighted by Crippen LogP contribution is -2.34. The van der Waals surface area contributed by atoms with Crippen molar-refractivity contribution in [3.05, 3.63) is 29.1 Å². The average Bonchev–Trinajstić information content (AvgIpc) is 2.91. The number of carbonyl (C=O) groups is 2. The number of hydrogen-bond acceptors (Lipinski definition) is 4. The van der Waals surface area contributed by atoms with Crippen LogP contribution in [-0.2, 0) is 0 Å². The summed E-state index contributed by atoms with van der Waals surface area (Å²) in [6.07, 6.45) is 2.46. The SMILES string of the molecule is Cc1nc(C(=O)NCCN2CCCC2)ccc1C(=O)O. The van der Waals surface area contributed by atoms with E-state index in [1.54, 1.807) is 6.92 Å². The maximum absolute atomic E-state index is 11.9. The molecule has 0 atom stereocenters. The van der Waals surface area contributed by atoms with Crippen LogP contribution in [-0.4, -0.2) is 53.0 Å². The molecule has 1 aromatic heterocycles. The fraction of sp³-hybridized carbons (Fsp3) is 0.500. The van der Waals surface area contributed by atoms with E-state index < -0.39 is 5.97 Å². The van der Waals surface area contributed by atoms with E-state index in [1.807, 2.05) is 0 Å². The Balaban J connectivity index is 1.88. The zero-order chi connectivity index (χ0) is 14.5. The highest BCUT2D eigenvalue weighted by Gasteiger charge is 2.14. The normalized spacial score (nSPS) is 15.2. The highest BCUT2D eigenvalue weighted by molar-refractivity contribution is 5.94. The van der Waals surface area contributed by atoms with Crippen LogP contribution in [0.15, 0.2) is 12.1 Å². The smallest absolute Gasteiger partial charge is 0.337 e.